The fourth-order valence-electron chi connectivity index (χ4n) is 0. The van der Waals surface area contributed by atoms with E-state index in [-0.39, 0.29) is 18.9 Å². The van der Waals surface area contributed by atoms with Crippen molar-refractivity contribution in [3.8, 4) is 0 Å². The van der Waals surface area contributed by atoms with Gasteiger partial charge in [0.25, 0.3) is 0 Å². The molecule has 0 aromatic carbocycles. The van der Waals surface area contributed by atoms with E-state index in [1.54, 1.807) is 0 Å². The van der Waals surface area contributed by atoms with Gasteiger partial charge in [-0.25, -0.2) is 12.8 Å². The Morgan fingerprint density at radius 1 is 1.00 bits per heavy atom. The van der Waals surface area contributed by atoms with Crippen LogP contribution in [0.2, 0.25) is 0 Å². The third-order valence-corrected chi connectivity index (χ3v) is 0.250. The molecule has 0 amide bonds. The molecule has 0 saturated carbocycles. The molecule has 0 nitrogen and oxygen atoms in total. The Balaban J connectivity index is 0. The van der Waals surface area contributed by atoms with Gasteiger partial charge in [0.05, 0.1) is 0 Å². The second-order valence-corrected chi connectivity index (χ2v) is 0.707. The Hall–Kier alpha value is 0.597. The quantitative estimate of drug-likeness (QED) is 0.255. The van der Waals surface area contributed by atoms with Gasteiger partial charge in [-0.15, -0.1) is 0 Å². The summed E-state index contributed by atoms with van der Waals surface area (Å²) in [5.74, 6) is 0. The van der Waals surface area contributed by atoms with E-state index in [1.807, 2.05) is 0 Å². The Morgan fingerprint density at radius 3 is 1.20 bits per heavy atom. The van der Waals surface area contributed by atoms with Crippen molar-refractivity contribution in [1.29, 1.82) is 0 Å². The molecule has 0 saturated heterocycles. The van der Waals surface area contributed by atoms with Crippen LogP contribution < -0.4 is 18.9 Å². The SMILES string of the molecule is [CH2-]CC[CH2-].[Li+]. The Morgan fingerprint density at radius 2 is 1.20 bits per heavy atom. The van der Waals surface area contributed by atoms with E-state index in [1.165, 1.54) is 0 Å². The molecule has 0 unspecified atom stereocenters. The maximum atomic E-state index is 3.54. The molecule has 0 fully saturated rings. The van der Waals surface area contributed by atoms with Crippen LogP contribution in [-0.2, 0) is 0 Å². The maximum Gasteiger partial charge on any atom is 1.00 e. The maximum absolute atomic E-state index is 3.54. The van der Waals surface area contributed by atoms with Crippen molar-refractivity contribution in [3.05, 3.63) is 13.8 Å². The van der Waals surface area contributed by atoms with Crippen molar-refractivity contribution < 1.29 is 18.9 Å². The summed E-state index contributed by atoms with van der Waals surface area (Å²) in [4.78, 5) is 0. The predicted octanol–water partition coefficient (Wildman–Crippen LogP) is -1.56. The van der Waals surface area contributed by atoms with Gasteiger partial charge in [0.2, 0.25) is 0 Å². The van der Waals surface area contributed by atoms with Crippen molar-refractivity contribution >= 4 is 0 Å². The summed E-state index contributed by atoms with van der Waals surface area (Å²) in [7, 11) is 0. The summed E-state index contributed by atoms with van der Waals surface area (Å²) in [6.45, 7) is 7.08. The molecule has 0 aliphatic carbocycles. The zero-order chi connectivity index (χ0) is 3.41. The van der Waals surface area contributed by atoms with Crippen molar-refractivity contribution in [2.45, 2.75) is 12.8 Å². The number of unbranched alkanes of at least 4 members (excludes halogenated alkanes) is 1. The van der Waals surface area contributed by atoms with Crippen molar-refractivity contribution in [2.24, 2.45) is 0 Å². The van der Waals surface area contributed by atoms with Crippen molar-refractivity contribution in [2.75, 3.05) is 0 Å². The zero-order valence-electron chi connectivity index (χ0n) is 3.83. The molecular formula is C4H8Li-. The van der Waals surface area contributed by atoms with Gasteiger partial charge in [0, 0.05) is 0 Å². The standard InChI is InChI=1S/C4H8.Li/c1-3-4-2;/h1-4H2;/q-2;+1. The van der Waals surface area contributed by atoms with E-state index in [4.69, 9.17) is 0 Å². The van der Waals surface area contributed by atoms with E-state index >= 15 is 0 Å². The summed E-state index contributed by atoms with van der Waals surface area (Å²) in [6, 6.07) is 0. The molecule has 0 aromatic rings. The molecule has 0 spiro atoms. The van der Waals surface area contributed by atoms with Gasteiger partial charge in [-0.2, -0.15) is 0 Å². The molecule has 0 N–H and O–H groups in total. The van der Waals surface area contributed by atoms with Crippen LogP contribution in [0.15, 0.2) is 0 Å². The molecule has 0 aliphatic heterocycles. The van der Waals surface area contributed by atoms with E-state index in [0.29, 0.717) is 0 Å². The van der Waals surface area contributed by atoms with Crippen LogP contribution in [0.3, 0.4) is 0 Å². The fourth-order valence-corrected chi connectivity index (χ4v) is 0. The first-order valence-corrected chi connectivity index (χ1v) is 1.50. The van der Waals surface area contributed by atoms with E-state index in [0.717, 1.165) is 12.8 Å². The van der Waals surface area contributed by atoms with Gasteiger partial charge in [-0.1, -0.05) is 0 Å². The first-order valence-electron chi connectivity index (χ1n) is 1.50. The Labute approximate surface area is 46.1 Å². The minimum absolute atomic E-state index is 0. The largest absolute Gasteiger partial charge is 1.00 e. The van der Waals surface area contributed by atoms with Crippen LogP contribution >= 0.6 is 0 Å². The smallest absolute Gasteiger partial charge is 0.346 e. The molecule has 0 radical (unpaired) electrons. The van der Waals surface area contributed by atoms with E-state index < -0.39 is 0 Å². The summed E-state index contributed by atoms with van der Waals surface area (Å²) in [6.07, 6.45) is 1.92. The topological polar surface area (TPSA) is 0 Å². The molecule has 1 heteroatoms. The molecule has 0 atom stereocenters. The van der Waals surface area contributed by atoms with Crippen LogP contribution in [0.1, 0.15) is 12.8 Å². The van der Waals surface area contributed by atoms with Gasteiger partial charge < -0.3 is 13.8 Å². The van der Waals surface area contributed by atoms with Crippen LogP contribution in [0.25, 0.3) is 0 Å². The van der Waals surface area contributed by atoms with Crippen molar-refractivity contribution in [1.82, 2.24) is 0 Å². The second-order valence-electron chi connectivity index (χ2n) is 0.707. The van der Waals surface area contributed by atoms with Gasteiger partial charge in [0.1, 0.15) is 0 Å². The van der Waals surface area contributed by atoms with Crippen LogP contribution in [-0.4, -0.2) is 0 Å². The monoisotopic (exact) mass is 63.1 g/mol. The molecule has 26 valence electrons. The Kier molecular flexibility index (Phi) is 16.1. The van der Waals surface area contributed by atoms with Gasteiger partial charge in [0.15, 0.2) is 0 Å². The first kappa shape index (κ1) is 9.14. The van der Waals surface area contributed by atoms with E-state index in [9.17, 15) is 0 Å². The first-order chi connectivity index (χ1) is 1.91. The molecule has 0 aliphatic rings. The zero-order valence-corrected chi connectivity index (χ0v) is 3.83. The van der Waals surface area contributed by atoms with Crippen LogP contribution in [0.4, 0.5) is 0 Å². The van der Waals surface area contributed by atoms with Crippen LogP contribution in [0, 0.1) is 13.8 Å². The third kappa shape index (κ3) is 12.2. The number of hydrogen-bond acceptors (Lipinski definition) is 0. The number of rotatable bonds is 1. The summed E-state index contributed by atoms with van der Waals surface area (Å²) >= 11 is 0. The van der Waals surface area contributed by atoms with Crippen LogP contribution in [0.5, 0.6) is 0 Å². The molecular weight excluding hydrogens is 55.0 g/mol. The molecule has 0 aromatic heterocycles. The minimum atomic E-state index is 0. The normalized spacial score (nSPS) is 6.00. The number of hydrogen-bond donors (Lipinski definition) is 0. The summed E-state index contributed by atoms with van der Waals surface area (Å²) < 4.78 is 0. The molecule has 0 heterocycles. The summed E-state index contributed by atoms with van der Waals surface area (Å²) in [5.41, 5.74) is 0. The van der Waals surface area contributed by atoms with Gasteiger partial charge >= 0.3 is 18.9 Å². The average molecular weight is 63.0 g/mol. The predicted molar refractivity (Wildman–Crippen MR) is 19.9 cm³/mol. The third-order valence-electron chi connectivity index (χ3n) is 0.250. The van der Waals surface area contributed by atoms with Crippen molar-refractivity contribution in [3.63, 3.8) is 0 Å². The molecule has 0 rings (SSSR count). The average Bonchev–Trinajstić information content (AvgIpc) is 1.37. The minimum Gasteiger partial charge on any atom is -0.346 e. The Bertz CT molecular complexity index is 5.61. The molecule has 5 heavy (non-hydrogen) atoms. The van der Waals surface area contributed by atoms with Gasteiger partial charge in [-0.05, 0) is 0 Å². The second kappa shape index (κ2) is 8.82. The fraction of sp³-hybridized carbons (Fsp3) is 0.500. The van der Waals surface area contributed by atoms with E-state index in [2.05, 4.69) is 13.8 Å². The molecule has 0 bridgehead atoms. The van der Waals surface area contributed by atoms with Gasteiger partial charge in [-0.3, -0.25) is 0 Å². The summed E-state index contributed by atoms with van der Waals surface area (Å²) in [5, 5.41) is 0.